The van der Waals surface area contributed by atoms with Crippen LogP contribution in [0, 0.1) is 0 Å². The van der Waals surface area contributed by atoms with Crippen LogP contribution in [0.15, 0.2) is 0 Å². The fraction of sp³-hybridized carbons (Fsp3) is 1.00. The van der Waals surface area contributed by atoms with Crippen molar-refractivity contribution in [3.05, 3.63) is 0 Å². The molecule has 0 spiro atoms. The molecular formula is C12H27O4SiTi. The molecule has 0 aliphatic rings. The van der Waals surface area contributed by atoms with Crippen LogP contribution < -0.4 is 0 Å². The maximum absolute atomic E-state index is 5.95. The third kappa shape index (κ3) is 6.80. The van der Waals surface area contributed by atoms with Crippen molar-refractivity contribution >= 4 is 9.05 Å². The Hall–Kier alpha value is 0.771. The number of rotatable bonds is 10. The standard InChI is InChI=1S/C12H27O4Si.Ti/c1-7-10(4)14-17(13,15-11(5)8-2)16-12(6)9-3;/h10-12H,7-9H2,1-6H3;/q-1;+1. The summed E-state index contributed by atoms with van der Waals surface area (Å²) in [6.45, 7) is 12.3. The summed E-state index contributed by atoms with van der Waals surface area (Å²) >= 11 is 1.61. The van der Waals surface area contributed by atoms with Crippen LogP contribution in [0.25, 0.3) is 0 Å². The van der Waals surface area contributed by atoms with Gasteiger partial charge in [-0.25, -0.2) is 0 Å². The summed E-state index contributed by atoms with van der Waals surface area (Å²) in [6, 6.07) is 0. The molecule has 0 aromatic rings. The van der Waals surface area contributed by atoms with E-state index in [0.717, 1.165) is 19.3 Å². The van der Waals surface area contributed by atoms with E-state index in [2.05, 4.69) is 20.8 Å². The molecule has 0 aliphatic carbocycles. The van der Waals surface area contributed by atoms with Crippen molar-refractivity contribution in [1.82, 2.24) is 0 Å². The van der Waals surface area contributed by atoms with E-state index >= 15 is 0 Å². The van der Waals surface area contributed by atoms with Crippen LogP contribution >= 0.6 is 0 Å². The normalized spacial score (nSPS) is 20.1. The van der Waals surface area contributed by atoms with Gasteiger partial charge in [0.05, 0.1) is 0 Å². The van der Waals surface area contributed by atoms with Crippen LogP contribution in [-0.4, -0.2) is 27.4 Å². The van der Waals surface area contributed by atoms with Gasteiger partial charge in [0.15, 0.2) is 0 Å². The molecule has 0 amide bonds. The van der Waals surface area contributed by atoms with Gasteiger partial charge in [0, 0.05) is 0 Å². The van der Waals surface area contributed by atoms with E-state index < -0.39 is 9.05 Å². The summed E-state index contributed by atoms with van der Waals surface area (Å²) < 4.78 is 23.4. The van der Waals surface area contributed by atoms with Crippen molar-refractivity contribution in [2.75, 3.05) is 0 Å². The first kappa shape index (κ1) is 18.8. The molecule has 0 aromatic carbocycles. The van der Waals surface area contributed by atoms with E-state index in [4.69, 9.17) is 16.3 Å². The summed E-state index contributed by atoms with van der Waals surface area (Å²) in [5, 5.41) is 0. The molecular weight excluding hydrogens is 284 g/mol. The van der Waals surface area contributed by atoms with Crippen molar-refractivity contribution in [3.8, 4) is 0 Å². The molecule has 0 saturated heterocycles. The van der Waals surface area contributed by atoms with Crippen molar-refractivity contribution in [1.29, 1.82) is 0 Å². The third-order valence-electron chi connectivity index (χ3n) is 2.89. The summed E-state index contributed by atoms with van der Waals surface area (Å²) in [7, 11) is -3.02. The molecule has 0 bridgehead atoms. The van der Waals surface area contributed by atoms with Gasteiger partial charge in [0.2, 0.25) is 0 Å². The predicted octanol–water partition coefficient (Wildman–Crippen LogP) is 3.35. The van der Waals surface area contributed by atoms with E-state index in [1.54, 1.807) is 20.8 Å². The Labute approximate surface area is 125 Å². The first-order chi connectivity index (χ1) is 8.42. The average molecular weight is 311 g/mol. The van der Waals surface area contributed by atoms with Crippen LogP contribution in [0.4, 0.5) is 0 Å². The molecule has 6 heteroatoms. The Balaban J connectivity index is 4.81. The van der Waals surface area contributed by atoms with Gasteiger partial charge < -0.3 is 0 Å². The second kappa shape index (κ2) is 9.64. The van der Waals surface area contributed by atoms with Gasteiger partial charge in [-0.05, 0) is 0 Å². The molecule has 0 radical (unpaired) electrons. The van der Waals surface area contributed by atoms with Gasteiger partial charge in [-0.3, -0.25) is 0 Å². The first-order valence-electron chi connectivity index (χ1n) is 6.81. The summed E-state index contributed by atoms with van der Waals surface area (Å²) in [5.41, 5.74) is 0. The minimum atomic E-state index is -3.02. The van der Waals surface area contributed by atoms with E-state index in [1.165, 1.54) is 0 Å². The first-order valence-corrected chi connectivity index (χ1v) is 9.08. The van der Waals surface area contributed by atoms with Gasteiger partial charge in [-0.15, -0.1) is 0 Å². The van der Waals surface area contributed by atoms with Gasteiger partial charge >= 0.3 is 125 Å². The predicted molar refractivity (Wildman–Crippen MR) is 69.4 cm³/mol. The molecule has 0 aliphatic heterocycles. The molecule has 0 N–H and O–H groups in total. The van der Waals surface area contributed by atoms with Crippen molar-refractivity contribution in [2.45, 2.75) is 79.1 Å². The van der Waals surface area contributed by atoms with Gasteiger partial charge in [0.25, 0.3) is 0 Å². The van der Waals surface area contributed by atoms with Crippen LogP contribution in [0.3, 0.4) is 0 Å². The zero-order chi connectivity index (χ0) is 14.2. The van der Waals surface area contributed by atoms with E-state index in [1.807, 2.05) is 20.8 Å². The van der Waals surface area contributed by atoms with Crippen LogP contribution in [0.1, 0.15) is 60.8 Å². The van der Waals surface area contributed by atoms with Crippen LogP contribution in [-0.2, 0) is 37.1 Å². The zero-order valence-electron chi connectivity index (χ0n) is 12.5. The fourth-order valence-electron chi connectivity index (χ4n) is 1.14. The molecule has 4 nitrogen and oxygen atoms in total. The Kier molecular flexibility index (Phi) is 10.1. The fourth-order valence-corrected chi connectivity index (χ4v) is 4.11. The maximum atomic E-state index is 5.95. The van der Waals surface area contributed by atoms with E-state index in [0.29, 0.717) is 0 Å². The van der Waals surface area contributed by atoms with Crippen molar-refractivity contribution < 1.29 is 37.1 Å². The molecule has 107 valence electrons. The van der Waals surface area contributed by atoms with Crippen LogP contribution in [0.5, 0.6) is 0 Å². The number of hydrogen-bond donors (Lipinski definition) is 0. The number of hydrogen-bond acceptors (Lipinski definition) is 4. The monoisotopic (exact) mass is 311 g/mol. The average Bonchev–Trinajstić information content (AvgIpc) is 2.37. The Morgan fingerprint density at radius 3 is 1.22 bits per heavy atom. The zero-order valence-corrected chi connectivity index (χ0v) is 15.0. The topological polar surface area (TPSA) is 36.9 Å². The Morgan fingerprint density at radius 1 is 0.778 bits per heavy atom. The summed E-state index contributed by atoms with van der Waals surface area (Å²) in [5.74, 6) is 0. The summed E-state index contributed by atoms with van der Waals surface area (Å²) in [4.78, 5) is 0. The molecule has 0 saturated carbocycles. The molecule has 0 rings (SSSR count). The van der Waals surface area contributed by atoms with Gasteiger partial charge in [-0.2, -0.15) is 0 Å². The van der Waals surface area contributed by atoms with Gasteiger partial charge in [0.1, 0.15) is 0 Å². The summed E-state index contributed by atoms with van der Waals surface area (Å²) in [6.07, 6.45) is 2.95. The van der Waals surface area contributed by atoms with Crippen molar-refractivity contribution in [3.63, 3.8) is 0 Å². The molecule has 0 aromatic heterocycles. The molecule has 18 heavy (non-hydrogen) atoms. The third-order valence-corrected chi connectivity index (χ3v) is 6.38. The quantitative estimate of drug-likeness (QED) is 0.580. The van der Waals surface area contributed by atoms with Crippen molar-refractivity contribution in [2.24, 2.45) is 0 Å². The second-order valence-corrected chi connectivity index (χ2v) is 7.48. The van der Waals surface area contributed by atoms with Crippen LogP contribution in [0.2, 0.25) is 0 Å². The molecule has 3 unspecified atom stereocenters. The minimum absolute atomic E-state index is 0.0738. The SMILES string of the molecule is CCC(C)O[Si]([O][Ti])(OC(C)CC)OC(C)CC. The second-order valence-electron chi connectivity index (χ2n) is 4.61. The van der Waals surface area contributed by atoms with E-state index in [9.17, 15) is 0 Å². The Bertz CT molecular complexity index is 187. The molecule has 0 heterocycles. The van der Waals surface area contributed by atoms with Gasteiger partial charge in [-0.1, -0.05) is 0 Å². The molecule has 3 atom stereocenters. The Morgan fingerprint density at radius 2 is 1.06 bits per heavy atom. The van der Waals surface area contributed by atoms with E-state index in [-0.39, 0.29) is 18.3 Å². The molecule has 0 fully saturated rings.